The van der Waals surface area contributed by atoms with Gasteiger partial charge in [0.2, 0.25) is 0 Å². The number of anilines is 1. The van der Waals surface area contributed by atoms with Gasteiger partial charge in [0.1, 0.15) is 24.2 Å². The van der Waals surface area contributed by atoms with Crippen molar-refractivity contribution in [3.8, 4) is 11.4 Å². The van der Waals surface area contributed by atoms with Gasteiger partial charge in [-0.25, -0.2) is 14.1 Å². The van der Waals surface area contributed by atoms with E-state index in [-0.39, 0.29) is 11.7 Å². The second-order valence-electron chi connectivity index (χ2n) is 5.91. The first-order valence-electron chi connectivity index (χ1n) is 7.65. The Morgan fingerprint density at radius 3 is 2.40 bits per heavy atom. The largest absolute Gasteiger partial charge is 0.478 e. The number of carbonyl (C=O) groups is 1. The average Bonchev–Trinajstić information content (AvgIpc) is 3.12. The molecule has 7 heteroatoms. The van der Waals surface area contributed by atoms with E-state index in [1.165, 1.54) is 30.6 Å². The van der Waals surface area contributed by atoms with E-state index in [4.69, 9.17) is 4.74 Å². The first-order chi connectivity index (χ1) is 11.9. The van der Waals surface area contributed by atoms with Gasteiger partial charge >= 0.3 is 0 Å². The zero-order valence-corrected chi connectivity index (χ0v) is 13.8. The highest BCUT2D eigenvalue weighted by atomic mass is 19.1. The first kappa shape index (κ1) is 16.6. The fourth-order valence-electron chi connectivity index (χ4n) is 2.16. The van der Waals surface area contributed by atoms with Gasteiger partial charge in [-0.1, -0.05) is 0 Å². The molecule has 0 spiro atoms. The number of carbonyl (C=O) groups excluding carboxylic acids is 1. The number of hydrogen-bond acceptors (Lipinski definition) is 4. The molecule has 3 rings (SSSR count). The lowest BCUT2D eigenvalue weighted by Gasteiger charge is -2.25. The SMILES string of the molecule is CC(C)(Oc1ccc(F)cc1)C(=O)Nc1ccc(-n2cncn2)cc1. The minimum atomic E-state index is -1.12. The van der Waals surface area contributed by atoms with E-state index >= 15 is 0 Å². The van der Waals surface area contributed by atoms with Crippen LogP contribution in [0.4, 0.5) is 10.1 Å². The Morgan fingerprint density at radius 2 is 1.80 bits per heavy atom. The van der Waals surface area contributed by atoms with E-state index in [0.29, 0.717) is 11.4 Å². The van der Waals surface area contributed by atoms with Crippen LogP contribution < -0.4 is 10.1 Å². The molecule has 25 heavy (non-hydrogen) atoms. The molecule has 0 aliphatic rings. The summed E-state index contributed by atoms with van der Waals surface area (Å²) < 4.78 is 20.2. The standard InChI is InChI=1S/C18H17FN4O2/c1-18(2,25-16-9-3-13(19)4-10-16)17(24)22-14-5-7-15(8-6-14)23-12-20-11-21-23/h3-12H,1-2H3,(H,22,24). The number of nitrogens with one attached hydrogen (secondary N) is 1. The summed E-state index contributed by atoms with van der Waals surface area (Å²) in [6, 6.07) is 12.7. The number of nitrogens with zero attached hydrogens (tertiary/aromatic N) is 3. The van der Waals surface area contributed by atoms with E-state index in [1.54, 1.807) is 37.0 Å². The predicted octanol–water partition coefficient (Wildman–Crippen LogP) is 3.20. The van der Waals surface area contributed by atoms with Crippen molar-refractivity contribution in [1.82, 2.24) is 14.8 Å². The van der Waals surface area contributed by atoms with Gasteiger partial charge in [-0.2, -0.15) is 5.10 Å². The summed E-state index contributed by atoms with van der Waals surface area (Å²) in [4.78, 5) is 16.4. The molecule has 0 aliphatic carbocycles. The van der Waals surface area contributed by atoms with Gasteiger partial charge in [0.15, 0.2) is 5.60 Å². The van der Waals surface area contributed by atoms with Crippen LogP contribution in [0.2, 0.25) is 0 Å². The molecule has 0 saturated heterocycles. The normalized spacial score (nSPS) is 11.2. The number of amides is 1. The Hall–Kier alpha value is -3.22. The number of aromatic nitrogens is 3. The second kappa shape index (κ2) is 6.72. The van der Waals surface area contributed by atoms with Crippen molar-refractivity contribution in [2.75, 3.05) is 5.32 Å². The van der Waals surface area contributed by atoms with Crippen LogP contribution in [0, 0.1) is 5.82 Å². The Morgan fingerprint density at radius 1 is 1.12 bits per heavy atom. The van der Waals surface area contributed by atoms with Crippen molar-refractivity contribution in [2.45, 2.75) is 19.4 Å². The van der Waals surface area contributed by atoms with Gasteiger partial charge in [-0.3, -0.25) is 4.79 Å². The predicted molar refractivity (Wildman–Crippen MR) is 91.1 cm³/mol. The summed E-state index contributed by atoms with van der Waals surface area (Å²) in [6.45, 7) is 3.30. The van der Waals surface area contributed by atoms with Crippen molar-refractivity contribution in [3.05, 3.63) is 67.0 Å². The molecular formula is C18H17FN4O2. The molecule has 1 N–H and O–H groups in total. The molecule has 0 radical (unpaired) electrons. The Balaban J connectivity index is 1.67. The summed E-state index contributed by atoms with van der Waals surface area (Å²) in [6.07, 6.45) is 3.04. The van der Waals surface area contributed by atoms with Crippen LogP contribution in [0.3, 0.4) is 0 Å². The van der Waals surface area contributed by atoms with Gasteiger partial charge in [-0.05, 0) is 62.4 Å². The third-order valence-electron chi connectivity index (χ3n) is 3.54. The lowest BCUT2D eigenvalue weighted by Crippen LogP contribution is -2.42. The van der Waals surface area contributed by atoms with Crippen LogP contribution >= 0.6 is 0 Å². The molecule has 2 aromatic carbocycles. The molecule has 0 bridgehead atoms. The van der Waals surface area contributed by atoms with Crippen molar-refractivity contribution in [1.29, 1.82) is 0 Å². The van der Waals surface area contributed by atoms with E-state index in [0.717, 1.165) is 5.69 Å². The molecule has 1 amide bonds. The molecule has 0 fully saturated rings. The topological polar surface area (TPSA) is 69.0 Å². The van der Waals surface area contributed by atoms with Crippen LogP contribution in [-0.2, 0) is 4.79 Å². The monoisotopic (exact) mass is 340 g/mol. The first-order valence-corrected chi connectivity index (χ1v) is 7.65. The summed E-state index contributed by atoms with van der Waals surface area (Å²) in [5, 5.41) is 6.84. The molecule has 1 heterocycles. The quantitative estimate of drug-likeness (QED) is 0.774. The Bertz CT molecular complexity index is 844. The van der Waals surface area contributed by atoms with E-state index in [1.807, 2.05) is 12.1 Å². The van der Waals surface area contributed by atoms with Crippen molar-refractivity contribution >= 4 is 11.6 Å². The minimum Gasteiger partial charge on any atom is -0.478 e. The molecule has 1 aromatic heterocycles. The maximum absolute atomic E-state index is 13.0. The Kier molecular flexibility index (Phi) is 4.47. The summed E-state index contributed by atoms with van der Waals surface area (Å²) >= 11 is 0. The molecule has 6 nitrogen and oxygen atoms in total. The molecule has 0 aliphatic heterocycles. The molecule has 0 atom stereocenters. The molecule has 0 unspecified atom stereocenters. The molecule has 3 aromatic rings. The zero-order chi connectivity index (χ0) is 17.9. The lowest BCUT2D eigenvalue weighted by molar-refractivity contribution is -0.128. The summed E-state index contributed by atoms with van der Waals surface area (Å²) in [7, 11) is 0. The van der Waals surface area contributed by atoms with Gasteiger partial charge < -0.3 is 10.1 Å². The summed E-state index contributed by atoms with van der Waals surface area (Å²) in [5.74, 6) is -0.254. The fourth-order valence-corrected chi connectivity index (χ4v) is 2.16. The highest BCUT2D eigenvalue weighted by molar-refractivity contribution is 5.97. The molecular weight excluding hydrogens is 323 g/mol. The van der Waals surface area contributed by atoms with E-state index in [2.05, 4.69) is 15.4 Å². The highest BCUT2D eigenvalue weighted by Crippen LogP contribution is 2.21. The number of hydrogen-bond donors (Lipinski definition) is 1. The number of rotatable bonds is 5. The number of halogens is 1. The van der Waals surface area contributed by atoms with Crippen LogP contribution in [0.1, 0.15) is 13.8 Å². The van der Waals surface area contributed by atoms with E-state index in [9.17, 15) is 9.18 Å². The third kappa shape index (κ3) is 4.00. The molecule has 0 saturated carbocycles. The van der Waals surface area contributed by atoms with Gasteiger partial charge in [0.05, 0.1) is 5.69 Å². The molecule has 128 valence electrons. The van der Waals surface area contributed by atoms with Crippen molar-refractivity contribution < 1.29 is 13.9 Å². The van der Waals surface area contributed by atoms with Gasteiger partial charge in [0.25, 0.3) is 5.91 Å². The lowest BCUT2D eigenvalue weighted by atomic mass is 10.1. The maximum Gasteiger partial charge on any atom is 0.267 e. The maximum atomic E-state index is 13.0. The van der Waals surface area contributed by atoms with Crippen molar-refractivity contribution in [2.24, 2.45) is 0 Å². The number of benzene rings is 2. The van der Waals surface area contributed by atoms with Crippen molar-refractivity contribution in [3.63, 3.8) is 0 Å². The van der Waals surface area contributed by atoms with Crippen LogP contribution in [-0.4, -0.2) is 26.3 Å². The van der Waals surface area contributed by atoms with E-state index < -0.39 is 5.60 Å². The smallest absolute Gasteiger partial charge is 0.267 e. The fraction of sp³-hybridized carbons (Fsp3) is 0.167. The summed E-state index contributed by atoms with van der Waals surface area (Å²) in [5.41, 5.74) is 0.338. The highest BCUT2D eigenvalue weighted by Gasteiger charge is 2.30. The minimum absolute atomic E-state index is 0.315. The zero-order valence-electron chi connectivity index (χ0n) is 13.8. The Labute approximate surface area is 144 Å². The average molecular weight is 340 g/mol. The van der Waals surface area contributed by atoms with Crippen LogP contribution in [0.5, 0.6) is 5.75 Å². The van der Waals surface area contributed by atoms with Gasteiger partial charge in [0, 0.05) is 5.69 Å². The second-order valence-corrected chi connectivity index (χ2v) is 5.91. The van der Waals surface area contributed by atoms with Gasteiger partial charge in [-0.15, -0.1) is 0 Å². The third-order valence-corrected chi connectivity index (χ3v) is 3.54. The van der Waals surface area contributed by atoms with Crippen LogP contribution in [0.15, 0.2) is 61.2 Å². The number of ether oxygens (including phenoxy) is 1. The van der Waals surface area contributed by atoms with Crippen LogP contribution in [0.25, 0.3) is 5.69 Å².